The van der Waals surface area contributed by atoms with Crippen LogP contribution in [0.3, 0.4) is 0 Å². The average molecular weight is 645 g/mol. The fraction of sp³-hybridized carbons (Fsp3) is 0.514. The van der Waals surface area contributed by atoms with Crippen LogP contribution in [0.1, 0.15) is 51.0 Å². The van der Waals surface area contributed by atoms with Gasteiger partial charge in [-0.15, -0.1) is 0 Å². The summed E-state index contributed by atoms with van der Waals surface area (Å²) >= 11 is 0. The second-order valence-electron chi connectivity index (χ2n) is 13.9. The van der Waals surface area contributed by atoms with E-state index in [2.05, 4.69) is 15.1 Å². The minimum atomic E-state index is -0.711. The number of benzene rings is 2. The van der Waals surface area contributed by atoms with Gasteiger partial charge >= 0.3 is 6.01 Å². The molecule has 2 aromatic heterocycles. The van der Waals surface area contributed by atoms with E-state index in [1.165, 1.54) is 12.1 Å². The lowest BCUT2D eigenvalue weighted by atomic mass is 9.94. The lowest BCUT2D eigenvalue weighted by molar-refractivity contribution is 0.0644. The third-order valence-corrected chi connectivity index (χ3v) is 11.4. The van der Waals surface area contributed by atoms with Crippen molar-refractivity contribution in [3.05, 3.63) is 41.5 Å². The van der Waals surface area contributed by atoms with Crippen LogP contribution in [0.25, 0.3) is 32.9 Å². The number of nitrogens with one attached hydrogen (secondary N) is 1. The summed E-state index contributed by atoms with van der Waals surface area (Å²) in [5.74, 6) is -0.453. The van der Waals surface area contributed by atoms with Crippen molar-refractivity contribution in [3.63, 3.8) is 0 Å². The monoisotopic (exact) mass is 644 g/mol. The predicted molar refractivity (Wildman–Crippen MR) is 172 cm³/mol. The maximum atomic E-state index is 17.1. The smallest absolute Gasteiger partial charge is 0.319 e. The molecule has 246 valence electrons. The van der Waals surface area contributed by atoms with Crippen LogP contribution in [0.15, 0.2) is 24.3 Å². The first kappa shape index (κ1) is 29.3. The number of pyridine rings is 1. The zero-order valence-electron chi connectivity index (χ0n) is 26.3. The molecule has 0 amide bonds. The number of aliphatic hydroxyl groups is 1. The fourth-order valence-corrected chi connectivity index (χ4v) is 9.20. The molecule has 12 heteroatoms. The Morgan fingerprint density at radius 2 is 2.00 bits per heavy atom. The summed E-state index contributed by atoms with van der Waals surface area (Å²) in [5.41, 5.74) is 0.403. The standard InChI is InChI=1S/C35H38F2N6O4/c1-2-22-24(36)6-4-18-12-21(45)13-23(27(18)22)30-29(37)31-28-32(42-14-19-5-7-25(38-19)26(42)16-46-33(28)39-30)41-34(40-31)47-17-35-9-3-11-43(35)20(15-44)8-10-35/h4,6,12-13,19-20,25-26,38,44-45H,2-3,5,7-11,14-17H2,1H3/t19-,20-,25+,26-,35+/m0/s1. The molecule has 0 radical (unpaired) electrons. The number of halogens is 2. The van der Waals surface area contributed by atoms with Crippen LogP contribution >= 0.6 is 0 Å². The van der Waals surface area contributed by atoms with Gasteiger partial charge in [0.25, 0.3) is 0 Å². The van der Waals surface area contributed by atoms with E-state index in [9.17, 15) is 10.2 Å². The first-order valence-corrected chi connectivity index (χ1v) is 16.9. The van der Waals surface area contributed by atoms with Crippen molar-refractivity contribution in [2.45, 2.75) is 81.6 Å². The van der Waals surface area contributed by atoms with E-state index in [4.69, 9.17) is 24.4 Å². The van der Waals surface area contributed by atoms with Gasteiger partial charge in [0.05, 0.1) is 18.2 Å². The van der Waals surface area contributed by atoms with Gasteiger partial charge in [0.1, 0.15) is 47.2 Å². The van der Waals surface area contributed by atoms with Gasteiger partial charge in [0.15, 0.2) is 5.82 Å². The highest BCUT2D eigenvalue weighted by atomic mass is 19.1. The van der Waals surface area contributed by atoms with Gasteiger partial charge in [0, 0.05) is 30.2 Å². The molecule has 3 N–H and O–H groups in total. The van der Waals surface area contributed by atoms with E-state index in [-0.39, 0.29) is 70.7 Å². The number of aromatic hydroxyl groups is 1. The molecular weight excluding hydrogens is 606 g/mol. The number of aromatic nitrogens is 3. The minimum Gasteiger partial charge on any atom is -0.508 e. The van der Waals surface area contributed by atoms with Gasteiger partial charge in [-0.1, -0.05) is 13.0 Å². The molecule has 2 aromatic carbocycles. The van der Waals surface area contributed by atoms with Crippen molar-refractivity contribution in [1.82, 2.24) is 25.2 Å². The van der Waals surface area contributed by atoms with Gasteiger partial charge in [-0.3, -0.25) is 4.90 Å². The maximum Gasteiger partial charge on any atom is 0.319 e. The quantitative estimate of drug-likeness (QED) is 0.278. The van der Waals surface area contributed by atoms with Crippen LogP contribution in [-0.2, 0) is 6.42 Å². The number of phenols is 1. The first-order chi connectivity index (χ1) is 22.9. The van der Waals surface area contributed by atoms with Crippen LogP contribution in [0.2, 0.25) is 0 Å². The summed E-state index contributed by atoms with van der Waals surface area (Å²) in [5, 5.41) is 25.8. The molecule has 5 aliphatic rings. The lowest BCUT2D eigenvalue weighted by Crippen LogP contribution is -2.60. The van der Waals surface area contributed by atoms with Gasteiger partial charge in [-0.25, -0.2) is 13.8 Å². The molecule has 0 aliphatic carbocycles. The maximum absolute atomic E-state index is 17.1. The molecule has 5 aliphatic heterocycles. The molecule has 4 fully saturated rings. The van der Waals surface area contributed by atoms with Crippen LogP contribution in [-0.4, -0.2) is 92.7 Å². The van der Waals surface area contributed by atoms with Crippen molar-refractivity contribution < 1.29 is 28.5 Å². The van der Waals surface area contributed by atoms with Crippen molar-refractivity contribution >= 4 is 27.5 Å². The molecule has 10 nitrogen and oxygen atoms in total. The number of phenolic OH excluding ortho intramolecular Hbond substituents is 1. The third-order valence-electron chi connectivity index (χ3n) is 11.4. The van der Waals surface area contributed by atoms with E-state index < -0.39 is 11.6 Å². The van der Waals surface area contributed by atoms with Crippen molar-refractivity contribution in [2.24, 2.45) is 0 Å². The zero-order valence-corrected chi connectivity index (χ0v) is 26.3. The van der Waals surface area contributed by atoms with Gasteiger partial charge in [-0.05, 0) is 86.0 Å². The summed E-state index contributed by atoms with van der Waals surface area (Å²) in [6.45, 7) is 4.21. The number of hydrogen-bond donors (Lipinski definition) is 3. The Kier molecular flexibility index (Phi) is 6.75. The van der Waals surface area contributed by atoms with Crippen molar-refractivity contribution in [2.75, 3.05) is 37.8 Å². The Bertz CT molecular complexity index is 1930. The zero-order chi connectivity index (χ0) is 32.0. The molecule has 9 rings (SSSR count). The summed E-state index contributed by atoms with van der Waals surface area (Å²) in [7, 11) is 0. The number of aryl methyl sites for hydroxylation is 1. The second kappa shape index (κ2) is 10.8. The number of fused-ring (bicyclic) bond motifs is 7. The van der Waals surface area contributed by atoms with Crippen LogP contribution in [0.5, 0.6) is 17.6 Å². The highest BCUT2D eigenvalue weighted by Gasteiger charge is 2.50. The van der Waals surface area contributed by atoms with E-state index in [0.29, 0.717) is 53.7 Å². The molecule has 47 heavy (non-hydrogen) atoms. The Hall–Kier alpha value is -3.87. The Balaban J connectivity index is 1.23. The van der Waals surface area contributed by atoms with E-state index >= 15 is 8.78 Å². The lowest BCUT2D eigenvalue weighted by Gasteiger charge is -2.40. The SMILES string of the molecule is CCc1c(F)ccc2cc(O)cc(-c3nc4c5c(nc(OC[C@]67CCCN6[C@H](CO)CC7)nc5c3F)N3C[C@@H]5CC[C@@H](N5)[C@@H]3CO4)c12. The van der Waals surface area contributed by atoms with Crippen LogP contribution in [0.4, 0.5) is 14.6 Å². The molecule has 0 unspecified atom stereocenters. The molecule has 0 spiro atoms. The number of ether oxygens (including phenoxy) is 2. The number of piperazine rings is 1. The summed E-state index contributed by atoms with van der Waals surface area (Å²) in [4.78, 5) is 19.0. The number of rotatable bonds is 6. The van der Waals surface area contributed by atoms with E-state index in [0.717, 1.165) is 45.1 Å². The summed E-state index contributed by atoms with van der Waals surface area (Å²) < 4.78 is 45.1. The number of aliphatic hydroxyl groups excluding tert-OH is 1. The van der Waals surface area contributed by atoms with Crippen LogP contribution in [0, 0.1) is 11.6 Å². The van der Waals surface area contributed by atoms with Gasteiger partial charge in [-0.2, -0.15) is 9.97 Å². The fourth-order valence-electron chi connectivity index (χ4n) is 9.20. The Morgan fingerprint density at radius 3 is 2.85 bits per heavy atom. The number of nitrogens with zero attached hydrogens (tertiary/aromatic N) is 5. The van der Waals surface area contributed by atoms with E-state index in [1.54, 1.807) is 12.1 Å². The minimum absolute atomic E-state index is 0.0166. The van der Waals surface area contributed by atoms with Crippen LogP contribution < -0.4 is 19.7 Å². The molecule has 7 heterocycles. The molecule has 2 bridgehead atoms. The topological polar surface area (TPSA) is 116 Å². The van der Waals surface area contributed by atoms with Gasteiger partial charge < -0.3 is 29.9 Å². The van der Waals surface area contributed by atoms with Gasteiger partial charge in [0.2, 0.25) is 5.88 Å². The Morgan fingerprint density at radius 1 is 1.11 bits per heavy atom. The highest BCUT2D eigenvalue weighted by molar-refractivity contribution is 6.03. The molecule has 4 saturated heterocycles. The highest BCUT2D eigenvalue weighted by Crippen LogP contribution is 2.46. The predicted octanol–water partition coefficient (Wildman–Crippen LogP) is 4.46. The van der Waals surface area contributed by atoms with Crippen molar-refractivity contribution in [3.8, 4) is 28.9 Å². The Labute approximate surface area is 270 Å². The molecular formula is C35H38F2N6O4. The second-order valence-corrected chi connectivity index (χ2v) is 13.9. The molecule has 5 atom stereocenters. The first-order valence-electron chi connectivity index (χ1n) is 16.9. The number of hydrogen-bond acceptors (Lipinski definition) is 10. The largest absolute Gasteiger partial charge is 0.508 e. The molecule has 4 aromatic rings. The van der Waals surface area contributed by atoms with Crippen molar-refractivity contribution in [1.29, 1.82) is 0 Å². The average Bonchev–Trinajstić information content (AvgIpc) is 3.74. The normalized spacial score (nSPS) is 28.0. The summed E-state index contributed by atoms with van der Waals surface area (Å²) in [6.07, 6.45) is 6.19. The molecule has 0 saturated carbocycles. The third kappa shape index (κ3) is 4.40. The van der Waals surface area contributed by atoms with E-state index in [1.807, 2.05) is 6.92 Å². The number of anilines is 1. The summed E-state index contributed by atoms with van der Waals surface area (Å²) in [6, 6.07) is 6.54.